The van der Waals surface area contributed by atoms with Crippen molar-refractivity contribution in [3.05, 3.63) is 58.3 Å². The van der Waals surface area contributed by atoms with E-state index in [1.54, 1.807) is 0 Å². The van der Waals surface area contributed by atoms with Crippen LogP contribution in [0.1, 0.15) is 36.2 Å². The van der Waals surface area contributed by atoms with Crippen LogP contribution in [0.25, 0.3) is 11.0 Å². The molecule has 140 valence electrons. The largest absolute Gasteiger partial charge is 0.493 e. The molecule has 1 fully saturated rings. The number of para-hydroxylation sites is 1. The van der Waals surface area contributed by atoms with Crippen LogP contribution in [-0.4, -0.2) is 41.2 Å². The Hall–Kier alpha value is -1.85. The molecule has 2 aromatic carbocycles. The number of benzene rings is 2. The number of likely N-dealkylation sites (tertiary alicyclic amines) is 1. The van der Waals surface area contributed by atoms with Gasteiger partial charge < -0.3 is 14.2 Å². The number of piperidine rings is 1. The standard InChI is InChI=1S/C22H24BrN3O/c1-25-10-8-18(9-11-25)26-20-13-17(23)6-7-19(20)24-22(26)16-12-15-4-2-3-5-21(15)27-14-16/h2-7,13,16,18H,8-12,14H2,1H3. The summed E-state index contributed by atoms with van der Waals surface area (Å²) in [6.45, 7) is 2.98. The minimum Gasteiger partial charge on any atom is -0.493 e. The van der Waals surface area contributed by atoms with Crippen LogP contribution in [-0.2, 0) is 6.42 Å². The lowest BCUT2D eigenvalue weighted by atomic mass is 9.95. The number of fused-ring (bicyclic) bond motifs is 2. The molecule has 0 saturated carbocycles. The molecule has 0 N–H and O–H groups in total. The molecule has 1 saturated heterocycles. The number of nitrogens with zero attached hydrogens (tertiary/aromatic N) is 3. The first-order valence-electron chi connectivity index (χ1n) is 9.75. The van der Waals surface area contributed by atoms with E-state index in [9.17, 15) is 0 Å². The van der Waals surface area contributed by atoms with Gasteiger partial charge in [-0.05, 0) is 69.2 Å². The smallest absolute Gasteiger partial charge is 0.122 e. The van der Waals surface area contributed by atoms with Crippen LogP contribution in [0, 0.1) is 0 Å². The molecule has 1 atom stereocenters. The van der Waals surface area contributed by atoms with Gasteiger partial charge in [-0.1, -0.05) is 34.1 Å². The summed E-state index contributed by atoms with van der Waals surface area (Å²) in [6, 6.07) is 15.3. The molecule has 3 aromatic rings. The first-order chi connectivity index (χ1) is 13.2. The predicted molar refractivity (Wildman–Crippen MR) is 112 cm³/mol. The molecular formula is C22H24BrN3O. The summed E-state index contributed by atoms with van der Waals surface area (Å²) in [5.74, 6) is 2.51. The van der Waals surface area contributed by atoms with E-state index < -0.39 is 0 Å². The van der Waals surface area contributed by atoms with Gasteiger partial charge in [0.05, 0.1) is 23.6 Å². The lowest BCUT2D eigenvalue weighted by Crippen LogP contribution is -2.33. The second-order valence-corrected chi connectivity index (χ2v) is 8.74. The van der Waals surface area contributed by atoms with Crippen molar-refractivity contribution < 1.29 is 4.74 Å². The SMILES string of the molecule is CN1CCC(n2c(C3COc4ccccc4C3)nc3ccc(Br)cc32)CC1. The van der Waals surface area contributed by atoms with Crippen molar-refractivity contribution in [2.45, 2.75) is 31.2 Å². The molecule has 0 amide bonds. The summed E-state index contributed by atoms with van der Waals surface area (Å²) in [7, 11) is 2.21. The molecule has 1 unspecified atom stereocenters. The number of rotatable bonds is 2. The Labute approximate surface area is 168 Å². The Balaban J connectivity index is 1.58. The lowest BCUT2D eigenvalue weighted by molar-refractivity contribution is 0.212. The highest BCUT2D eigenvalue weighted by Gasteiger charge is 2.30. The molecule has 0 bridgehead atoms. The topological polar surface area (TPSA) is 30.3 Å². The van der Waals surface area contributed by atoms with E-state index in [2.05, 4.69) is 68.8 Å². The van der Waals surface area contributed by atoms with Crippen molar-refractivity contribution in [3.63, 3.8) is 0 Å². The molecule has 0 spiro atoms. The summed E-state index contributed by atoms with van der Waals surface area (Å²) >= 11 is 3.65. The molecule has 27 heavy (non-hydrogen) atoms. The number of halogens is 1. The molecule has 4 nitrogen and oxygen atoms in total. The van der Waals surface area contributed by atoms with Gasteiger partial charge in [0.25, 0.3) is 0 Å². The summed E-state index contributed by atoms with van der Waals surface area (Å²) in [5, 5.41) is 0. The molecule has 2 aliphatic rings. The van der Waals surface area contributed by atoms with Crippen molar-refractivity contribution in [2.24, 2.45) is 0 Å². The highest BCUT2D eigenvalue weighted by molar-refractivity contribution is 9.10. The Bertz CT molecular complexity index is 975. The van der Waals surface area contributed by atoms with Crippen LogP contribution in [0.3, 0.4) is 0 Å². The number of aromatic nitrogens is 2. The number of ether oxygens (including phenoxy) is 1. The van der Waals surface area contributed by atoms with Gasteiger partial charge >= 0.3 is 0 Å². The zero-order chi connectivity index (χ0) is 18.4. The van der Waals surface area contributed by atoms with E-state index in [1.165, 1.54) is 29.7 Å². The van der Waals surface area contributed by atoms with Crippen LogP contribution in [0.15, 0.2) is 46.9 Å². The average Bonchev–Trinajstić information content (AvgIpc) is 3.07. The third-order valence-corrected chi connectivity index (χ3v) is 6.47. The lowest BCUT2D eigenvalue weighted by Gasteiger charge is -2.33. The van der Waals surface area contributed by atoms with Crippen LogP contribution >= 0.6 is 15.9 Å². The highest BCUT2D eigenvalue weighted by atomic mass is 79.9. The Morgan fingerprint density at radius 1 is 1.11 bits per heavy atom. The number of hydrogen-bond acceptors (Lipinski definition) is 3. The van der Waals surface area contributed by atoms with Crippen molar-refractivity contribution in [1.82, 2.24) is 14.5 Å². The van der Waals surface area contributed by atoms with Gasteiger partial charge in [0.1, 0.15) is 11.6 Å². The molecule has 0 radical (unpaired) electrons. The fraction of sp³-hybridized carbons (Fsp3) is 0.409. The maximum atomic E-state index is 6.10. The van der Waals surface area contributed by atoms with E-state index in [1.807, 2.05) is 6.07 Å². The van der Waals surface area contributed by atoms with Gasteiger partial charge in [-0.2, -0.15) is 0 Å². The van der Waals surface area contributed by atoms with Gasteiger partial charge in [0, 0.05) is 10.5 Å². The van der Waals surface area contributed by atoms with Crippen LogP contribution in [0.5, 0.6) is 5.75 Å². The Morgan fingerprint density at radius 3 is 2.78 bits per heavy atom. The quantitative estimate of drug-likeness (QED) is 0.591. The van der Waals surface area contributed by atoms with Gasteiger partial charge in [-0.15, -0.1) is 0 Å². The zero-order valence-electron chi connectivity index (χ0n) is 15.6. The second kappa shape index (κ2) is 6.95. The third-order valence-electron chi connectivity index (χ3n) is 5.98. The van der Waals surface area contributed by atoms with E-state index in [-0.39, 0.29) is 0 Å². The van der Waals surface area contributed by atoms with E-state index in [0.717, 1.165) is 35.2 Å². The summed E-state index contributed by atoms with van der Waals surface area (Å²) in [6.07, 6.45) is 3.34. The maximum absolute atomic E-state index is 6.10. The highest BCUT2D eigenvalue weighted by Crippen LogP contribution is 2.37. The van der Waals surface area contributed by atoms with Crippen molar-refractivity contribution in [3.8, 4) is 5.75 Å². The molecule has 5 rings (SSSR count). The van der Waals surface area contributed by atoms with Crippen LogP contribution in [0.2, 0.25) is 0 Å². The summed E-state index contributed by atoms with van der Waals surface area (Å²) < 4.78 is 9.73. The van der Waals surface area contributed by atoms with Gasteiger partial charge in [0.2, 0.25) is 0 Å². The maximum Gasteiger partial charge on any atom is 0.122 e. The molecule has 2 aliphatic heterocycles. The van der Waals surface area contributed by atoms with Gasteiger partial charge in [0.15, 0.2) is 0 Å². The summed E-state index contributed by atoms with van der Waals surface area (Å²) in [5.41, 5.74) is 3.62. The Morgan fingerprint density at radius 2 is 1.93 bits per heavy atom. The average molecular weight is 426 g/mol. The first kappa shape index (κ1) is 17.3. The van der Waals surface area contributed by atoms with Crippen LogP contribution in [0.4, 0.5) is 0 Å². The van der Waals surface area contributed by atoms with Gasteiger partial charge in [-0.25, -0.2) is 4.98 Å². The second-order valence-electron chi connectivity index (χ2n) is 7.83. The van der Waals surface area contributed by atoms with E-state index in [4.69, 9.17) is 9.72 Å². The fourth-order valence-electron chi connectivity index (χ4n) is 4.50. The Kier molecular flexibility index (Phi) is 4.44. The third kappa shape index (κ3) is 3.17. The van der Waals surface area contributed by atoms with Gasteiger partial charge in [-0.3, -0.25) is 0 Å². The van der Waals surface area contributed by atoms with E-state index in [0.29, 0.717) is 18.6 Å². The van der Waals surface area contributed by atoms with Crippen molar-refractivity contribution in [1.29, 1.82) is 0 Å². The van der Waals surface area contributed by atoms with Crippen LogP contribution < -0.4 is 4.74 Å². The fourth-order valence-corrected chi connectivity index (χ4v) is 4.85. The molecule has 1 aromatic heterocycles. The number of hydrogen-bond donors (Lipinski definition) is 0. The zero-order valence-corrected chi connectivity index (χ0v) is 17.2. The monoisotopic (exact) mass is 425 g/mol. The molecule has 0 aliphatic carbocycles. The van der Waals surface area contributed by atoms with Crippen molar-refractivity contribution >= 4 is 27.0 Å². The molecule has 3 heterocycles. The van der Waals surface area contributed by atoms with Crippen molar-refractivity contribution in [2.75, 3.05) is 26.7 Å². The van der Waals surface area contributed by atoms with E-state index >= 15 is 0 Å². The normalized spacial score (nSPS) is 21.2. The predicted octanol–water partition coefficient (Wildman–Crippen LogP) is 4.78. The first-order valence-corrected chi connectivity index (χ1v) is 10.5. The minimum atomic E-state index is 0.297. The number of imidazole rings is 1. The summed E-state index contributed by atoms with van der Waals surface area (Å²) in [4.78, 5) is 7.51. The molecular weight excluding hydrogens is 402 g/mol. The minimum absolute atomic E-state index is 0.297. The molecule has 5 heteroatoms.